The Morgan fingerprint density at radius 2 is 2.00 bits per heavy atom. The molecule has 1 heterocycles. The third-order valence-electron chi connectivity index (χ3n) is 3.71. The molecule has 2 amide bonds. The van der Waals surface area contributed by atoms with Crippen LogP contribution < -0.4 is 0 Å². The molecule has 0 radical (unpaired) electrons. The zero-order chi connectivity index (χ0) is 14.5. The molecule has 20 heavy (non-hydrogen) atoms. The summed E-state index contributed by atoms with van der Waals surface area (Å²) < 4.78 is 14.9. The van der Waals surface area contributed by atoms with Crippen LogP contribution in [0.4, 0.5) is 4.79 Å². The number of rotatable bonds is 4. The predicted molar refractivity (Wildman–Crippen MR) is 66.8 cm³/mol. The molecule has 1 saturated heterocycles. The van der Waals surface area contributed by atoms with Gasteiger partial charge in [-0.15, -0.1) is 0 Å². The minimum absolute atomic E-state index is 0.0431. The number of imide groups is 1. The molecular formula is C13H19NO6. The Kier molecular flexibility index (Phi) is 4.94. The molecule has 2 aliphatic rings. The average Bonchev–Trinajstić information content (AvgIpc) is 2.90. The molecule has 0 atom stereocenters. The number of ether oxygens (including phenoxy) is 3. The number of carbonyl (C=O) groups is 3. The van der Waals surface area contributed by atoms with Gasteiger partial charge >= 0.3 is 12.1 Å². The van der Waals surface area contributed by atoms with Crippen molar-refractivity contribution in [3.63, 3.8) is 0 Å². The number of hydrogen-bond acceptors (Lipinski definition) is 6. The lowest BCUT2D eigenvalue weighted by Gasteiger charge is -2.27. The zero-order valence-corrected chi connectivity index (χ0v) is 11.5. The van der Waals surface area contributed by atoms with Gasteiger partial charge in [0.05, 0.1) is 25.7 Å². The molecule has 2 fully saturated rings. The second kappa shape index (κ2) is 6.69. The number of methoxy groups -OCH3 is 1. The first-order valence-corrected chi connectivity index (χ1v) is 6.78. The third kappa shape index (κ3) is 3.47. The maximum atomic E-state index is 11.7. The van der Waals surface area contributed by atoms with Gasteiger partial charge in [-0.25, -0.2) is 9.69 Å². The summed E-state index contributed by atoms with van der Waals surface area (Å²) >= 11 is 0. The molecule has 2 rings (SSSR count). The lowest BCUT2D eigenvalue weighted by molar-refractivity contribution is -0.148. The van der Waals surface area contributed by atoms with Crippen LogP contribution in [0.25, 0.3) is 0 Å². The topological polar surface area (TPSA) is 82.1 Å². The van der Waals surface area contributed by atoms with E-state index in [1.54, 1.807) is 0 Å². The highest BCUT2D eigenvalue weighted by molar-refractivity contribution is 5.93. The number of nitrogens with zero attached hydrogens (tertiary/aromatic N) is 1. The van der Waals surface area contributed by atoms with E-state index in [9.17, 15) is 14.4 Å². The van der Waals surface area contributed by atoms with E-state index in [2.05, 4.69) is 0 Å². The first-order valence-electron chi connectivity index (χ1n) is 6.78. The highest BCUT2D eigenvalue weighted by Gasteiger charge is 2.31. The number of cyclic esters (lactones) is 1. The average molecular weight is 285 g/mol. The molecule has 0 unspecified atom stereocenters. The number of carbonyl (C=O) groups excluding carboxylic acids is 3. The fourth-order valence-electron chi connectivity index (χ4n) is 2.52. The predicted octanol–water partition coefficient (Wildman–Crippen LogP) is 0.714. The Hall–Kier alpha value is -1.63. The van der Waals surface area contributed by atoms with Crippen molar-refractivity contribution < 1.29 is 28.6 Å². The summed E-state index contributed by atoms with van der Waals surface area (Å²) in [5.41, 5.74) is 0. The van der Waals surface area contributed by atoms with Gasteiger partial charge in [0.2, 0.25) is 0 Å². The maximum absolute atomic E-state index is 11.7. The van der Waals surface area contributed by atoms with Crippen molar-refractivity contribution >= 4 is 18.0 Å². The summed E-state index contributed by atoms with van der Waals surface area (Å²) in [7, 11) is 1.39. The van der Waals surface area contributed by atoms with Crippen molar-refractivity contribution in [1.29, 1.82) is 0 Å². The molecule has 0 aromatic rings. The molecule has 0 spiro atoms. The number of amides is 2. The third-order valence-corrected chi connectivity index (χ3v) is 3.71. The van der Waals surface area contributed by atoms with E-state index in [4.69, 9.17) is 14.2 Å². The second-order valence-electron chi connectivity index (χ2n) is 4.97. The van der Waals surface area contributed by atoms with Gasteiger partial charge in [0.15, 0.2) is 0 Å². The van der Waals surface area contributed by atoms with Gasteiger partial charge in [-0.2, -0.15) is 0 Å². The van der Waals surface area contributed by atoms with Gasteiger partial charge in [-0.1, -0.05) is 0 Å². The molecule has 112 valence electrons. The highest BCUT2D eigenvalue weighted by Crippen LogP contribution is 2.27. The second-order valence-corrected chi connectivity index (χ2v) is 4.97. The van der Waals surface area contributed by atoms with Crippen LogP contribution >= 0.6 is 0 Å². The molecule has 0 aromatic heterocycles. The van der Waals surface area contributed by atoms with Gasteiger partial charge in [0.25, 0.3) is 5.91 Å². The van der Waals surface area contributed by atoms with Crippen LogP contribution in [0.5, 0.6) is 0 Å². The Labute approximate surface area is 117 Å². The SMILES string of the molecule is COC(=O)C1CCC(OCC(=O)N2CCOC2=O)CC1. The van der Waals surface area contributed by atoms with Crippen LogP contribution in [-0.4, -0.2) is 55.8 Å². The minimum atomic E-state index is -0.604. The summed E-state index contributed by atoms with van der Waals surface area (Å²) in [6.45, 7) is 0.410. The van der Waals surface area contributed by atoms with Crippen molar-refractivity contribution in [3.8, 4) is 0 Å². The van der Waals surface area contributed by atoms with Gasteiger partial charge < -0.3 is 14.2 Å². The Morgan fingerprint density at radius 1 is 1.30 bits per heavy atom. The number of hydrogen-bond donors (Lipinski definition) is 0. The van der Waals surface area contributed by atoms with Crippen molar-refractivity contribution in [2.45, 2.75) is 31.8 Å². The molecule has 1 aliphatic heterocycles. The molecule has 0 bridgehead atoms. The first kappa shape index (κ1) is 14.8. The van der Waals surface area contributed by atoms with Crippen LogP contribution in [0.3, 0.4) is 0 Å². The number of esters is 1. The smallest absolute Gasteiger partial charge is 0.416 e. The van der Waals surface area contributed by atoms with Crippen LogP contribution in [0.15, 0.2) is 0 Å². The van der Waals surface area contributed by atoms with E-state index >= 15 is 0 Å². The van der Waals surface area contributed by atoms with Gasteiger partial charge in [0, 0.05) is 0 Å². The van der Waals surface area contributed by atoms with E-state index in [1.165, 1.54) is 7.11 Å². The standard InChI is InChI=1S/C13H19NO6/c1-18-12(16)9-2-4-10(5-3-9)20-8-11(15)14-6-7-19-13(14)17/h9-10H,2-8H2,1H3. The van der Waals surface area contributed by atoms with Crippen LogP contribution in [0, 0.1) is 5.92 Å². The van der Waals surface area contributed by atoms with Crippen LogP contribution in [0.2, 0.25) is 0 Å². The fraction of sp³-hybridized carbons (Fsp3) is 0.769. The molecule has 1 saturated carbocycles. The van der Waals surface area contributed by atoms with Gasteiger partial charge in [-0.05, 0) is 25.7 Å². The zero-order valence-electron chi connectivity index (χ0n) is 11.5. The Morgan fingerprint density at radius 3 is 2.55 bits per heavy atom. The van der Waals surface area contributed by atoms with E-state index in [0.717, 1.165) is 17.7 Å². The molecule has 0 N–H and O–H groups in total. The van der Waals surface area contributed by atoms with Crippen LogP contribution in [0.1, 0.15) is 25.7 Å². The highest BCUT2D eigenvalue weighted by atomic mass is 16.6. The summed E-state index contributed by atoms with van der Waals surface area (Å²) in [6, 6.07) is 0. The van der Waals surface area contributed by atoms with E-state index in [0.29, 0.717) is 12.8 Å². The molecule has 1 aliphatic carbocycles. The normalized spacial score (nSPS) is 26.2. The first-order chi connectivity index (χ1) is 9.61. The van der Waals surface area contributed by atoms with Crippen molar-refractivity contribution in [3.05, 3.63) is 0 Å². The van der Waals surface area contributed by atoms with Gasteiger partial charge in [0.1, 0.15) is 13.2 Å². The fourth-order valence-corrected chi connectivity index (χ4v) is 2.52. The lowest BCUT2D eigenvalue weighted by atomic mass is 9.87. The van der Waals surface area contributed by atoms with E-state index < -0.39 is 6.09 Å². The lowest BCUT2D eigenvalue weighted by Crippen LogP contribution is -2.36. The van der Waals surface area contributed by atoms with Crippen molar-refractivity contribution in [1.82, 2.24) is 4.90 Å². The van der Waals surface area contributed by atoms with E-state index in [1.807, 2.05) is 0 Å². The quantitative estimate of drug-likeness (QED) is 0.708. The molecule has 0 aromatic carbocycles. The molecular weight excluding hydrogens is 266 g/mol. The summed E-state index contributed by atoms with van der Waals surface area (Å²) in [4.78, 5) is 35.4. The van der Waals surface area contributed by atoms with Crippen molar-refractivity contribution in [2.75, 3.05) is 26.9 Å². The molecule has 7 heteroatoms. The van der Waals surface area contributed by atoms with Gasteiger partial charge in [-0.3, -0.25) is 9.59 Å². The monoisotopic (exact) mass is 285 g/mol. The maximum Gasteiger partial charge on any atom is 0.416 e. The minimum Gasteiger partial charge on any atom is -0.469 e. The Bertz CT molecular complexity index is 388. The summed E-state index contributed by atoms with van der Waals surface area (Å²) in [5, 5.41) is 0. The Balaban J connectivity index is 1.69. The van der Waals surface area contributed by atoms with Crippen LogP contribution in [-0.2, 0) is 23.8 Å². The van der Waals surface area contributed by atoms with E-state index in [-0.39, 0.29) is 43.7 Å². The molecule has 7 nitrogen and oxygen atoms in total. The summed E-state index contributed by atoms with van der Waals surface area (Å²) in [5.74, 6) is -0.619. The van der Waals surface area contributed by atoms with Crippen molar-refractivity contribution in [2.24, 2.45) is 5.92 Å². The summed E-state index contributed by atoms with van der Waals surface area (Å²) in [6.07, 6.45) is 2.20. The largest absolute Gasteiger partial charge is 0.469 e.